The fourth-order valence-electron chi connectivity index (χ4n) is 2.85. The van der Waals surface area contributed by atoms with Crippen LogP contribution in [0.15, 0.2) is 42.7 Å². The summed E-state index contributed by atoms with van der Waals surface area (Å²) in [7, 11) is 0. The normalized spacial score (nSPS) is 13.7. The highest BCUT2D eigenvalue weighted by Crippen LogP contribution is 2.28. The van der Waals surface area contributed by atoms with Crippen molar-refractivity contribution >= 4 is 11.6 Å². The van der Waals surface area contributed by atoms with Gasteiger partial charge in [0, 0.05) is 30.7 Å². The van der Waals surface area contributed by atoms with E-state index in [2.05, 4.69) is 36.3 Å². The topological polar surface area (TPSA) is 45.2 Å². The molecule has 1 aromatic carbocycles. The third kappa shape index (κ3) is 3.89. The van der Waals surface area contributed by atoms with E-state index in [1.807, 2.05) is 29.3 Å². The lowest BCUT2D eigenvalue weighted by Crippen LogP contribution is -2.37. The molecule has 0 bridgehead atoms. The van der Waals surface area contributed by atoms with E-state index in [1.54, 1.807) is 6.20 Å². The maximum Gasteiger partial charge on any atom is 0.242 e. The molecule has 0 saturated heterocycles. The van der Waals surface area contributed by atoms with Crippen molar-refractivity contribution in [3.05, 3.63) is 59.4 Å². The maximum atomic E-state index is 12.7. The predicted molar refractivity (Wildman–Crippen MR) is 92.2 cm³/mol. The number of hydrogen-bond acceptors (Lipinski definition) is 3. The molecule has 1 amide bonds. The van der Waals surface area contributed by atoms with Gasteiger partial charge in [0.05, 0.1) is 6.54 Å². The summed E-state index contributed by atoms with van der Waals surface area (Å²) in [6.07, 6.45) is 5.81. The average molecular weight is 309 g/mol. The van der Waals surface area contributed by atoms with E-state index in [1.165, 1.54) is 11.1 Å². The molecule has 0 aliphatic heterocycles. The van der Waals surface area contributed by atoms with Crippen LogP contribution in [-0.4, -0.2) is 28.4 Å². The molecule has 3 rings (SSSR count). The molecule has 4 heteroatoms. The molecule has 0 radical (unpaired) electrons. The molecule has 1 aromatic heterocycles. The van der Waals surface area contributed by atoms with Crippen molar-refractivity contribution in [1.29, 1.82) is 0 Å². The number of aromatic nitrogens is 1. The molecule has 4 nitrogen and oxygen atoms in total. The van der Waals surface area contributed by atoms with Crippen LogP contribution >= 0.6 is 0 Å². The molecule has 2 aromatic rings. The van der Waals surface area contributed by atoms with Crippen LogP contribution in [0.25, 0.3) is 0 Å². The van der Waals surface area contributed by atoms with Crippen molar-refractivity contribution in [3.63, 3.8) is 0 Å². The van der Waals surface area contributed by atoms with Crippen LogP contribution in [0.5, 0.6) is 0 Å². The summed E-state index contributed by atoms with van der Waals surface area (Å²) >= 11 is 0. The van der Waals surface area contributed by atoms with Crippen molar-refractivity contribution in [1.82, 2.24) is 9.88 Å². The molecule has 23 heavy (non-hydrogen) atoms. The zero-order chi connectivity index (χ0) is 16.2. The number of carbonyl (C=O) groups is 1. The molecular formula is C19H23N3O. The van der Waals surface area contributed by atoms with Gasteiger partial charge in [-0.05, 0) is 49.4 Å². The first-order chi connectivity index (χ1) is 11.1. The first-order valence-corrected chi connectivity index (χ1v) is 8.13. The average Bonchev–Trinajstić information content (AvgIpc) is 3.37. The van der Waals surface area contributed by atoms with Crippen LogP contribution in [0.1, 0.15) is 29.5 Å². The van der Waals surface area contributed by atoms with Crippen molar-refractivity contribution in [2.75, 3.05) is 11.9 Å². The Bertz CT molecular complexity index is 660. The number of pyridine rings is 1. The van der Waals surface area contributed by atoms with Gasteiger partial charge in [-0.15, -0.1) is 0 Å². The number of hydrogen-bond donors (Lipinski definition) is 1. The first-order valence-electron chi connectivity index (χ1n) is 8.13. The van der Waals surface area contributed by atoms with Crippen LogP contribution in [0, 0.1) is 13.8 Å². The van der Waals surface area contributed by atoms with E-state index in [-0.39, 0.29) is 5.91 Å². The van der Waals surface area contributed by atoms with Crippen molar-refractivity contribution in [3.8, 4) is 0 Å². The number of benzene rings is 1. The quantitative estimate of drug-likeness (QED) is 0.890. The second-order valence-corrected chi connectivity index (χ2v) is 6.23. The van der Waals surface area contributed by atoms with Crippen LogP contribution in [0.2, 0.25) is 0 Å². The Morgan fingerprint density at radius 2 is 1.96 bits per heavy atom. The maximum absolute atomic E-state index is 12.7. The lowest BCUT2D eigenvalue weighted by Gasteiger charge is -2.23. The van der Waals surface area contributed by atoms with E-state index in [0.717, 1.165) is 24.1 Å². The van der Waals surface area contributed by atoms with Crippen LogP contribution in [-0.2, 0) is 11.3 Å². The Morgan fingerprint density at radius 3 is 2.57 bits per heavy atom. The van der Waals surface area contributed by atoms with E-state index >= 15 is 0 Å². The molecule has 1 aliphatic carbocycles. The highest BCUT2D eigenvalue weighted by Gasteiger charge is 2.32. The summed E-state index contributed by atoms with van der Waals surface area (Å²) in [5.74, 6) is 0.152. The van der Waals surface area contributed by atoms with E-state index < -0.39 is 0 Å². The summed E-state index contributed by atoms with van der Waals surface area (Å²) < 4.78 is 0. The standard InChI is InChI=1S/C19H23N3O/c1-14-5-3-6-15(2)19(14)21-12-18(23)22(17-8-9-17)13-16-7-4-10-20-11-16/h3-7,10-11,17,21H,8-9,12-13H2,1-2H3. The highest BCUT2D eigenvalue weighted by atomic mass is 16.2. The molecule has 0 unspecified atom stereocenters. The van der Waals surface area contributed by atoms with E-state index in [0.29, 0.717) is 19.1 Å². The number of nitrogens with zero attached hydrogens (tertiary/aromatic N) is 2. The van der Waals surface area contributed by atoms with Gasteiger partial charge in [0.15, 0.2) is 0 Å². The minimum absolute atomic E-state index is 0.152. The zero-order valence-electron chi connectivity index (χ0n) is 13.7. The number of amides is 1. The van der Waals surface area contributed by atoms with Gasteiger partial charge in [-0.1, -0.05) is 24.3 Å². The fraction of sp³-hybridized carbons (Fsp3) is 0.368. The lowest BCUT2D eigenvalue weighted by molar-refractivity contribution is -0.130. The number of para-hydroxylation sites is 1. The van der Waals surface area contributed by atoms with Gasteiger partial charge in [-0.25, -0.2) is 0 Å². The van der Waals surface area contributed by atoms with E-state index in [4.69, 9.17) is 0 Å². The van der Waals surface area contributed by atoms with Crippen LogP contribution in [0.3, 0.4) is 0 Å². The van der Waals surface area contributed by atoms with Crippen molar-refractivity contribution in [2.45, 2.75) is 39.3 Å². The second-order valence-electron chi connectivity index (χ2n) is 6.23. The summed E-state index contributed by atoms with van der Waals surface area (Å²) in [5.41, 5.74) is 4.49. The number of carbonyl (C=O) groups excluding carboxylic acids is 1. The molecule has 1 aliphatic rings. The molecule has 1 N–H and O–H groups in total. The van der Waals surface area contributed by atoms with Crippen molar-refractivity contribution < 1.29 is 4.79 Å². The number of aryl methyl sites for hydroxylation is 2. The van der Waals surface area contributed by atoms with Gasteiger partial charge < -0.3 is 10.2 Å². The predicted octanol–water partition coefficient (Wildman–Crippen LogP) is 3.30. The molecule has 1 heterocycles. The Kier molecular flexibility index (Phi) is 4.60. The number of anilines is 1. The Balaban J connectivity index is 1.65. The SMILES string of the molecule is Cc1cccc(C)c1NCC(=O)N(Cc1cccnc1)C1CC1. The highest BCUT2D eigenvalue weighted by molar-refractivity contribution is 5.82. The zero-order valence-corrected chi connectivity index (χ0v) is 13.7. The molecule has 0 atom stereocenters. The van der Waals surface area contributed by atoms with Gasteiger partial charge in [-0.2, -0.15) is 0 Å². The minimum atomic E-state index is 0.152. The molecule has 120 valence electrons. The van der Waals surface area contributed by atoms with Gasteiger partial charge >= 0.3 is 0 Å². The summed E-state index contributed by atoms with van der Waals surface area (Å²) in [4.78, 5) is 18.8. The second kappa shape index (κ2) is 6.82. The van der Waals surface area contributed by atoms with Gasteiger partial charge in [0.25, 0.3) is 0 Å². The Labute approximate surface area is 137 Å². The molecule has 0 spiro atoms. The minimum Gasteiger partial charge on any atom is -0.376 e. The Morgan fingerprint density at radius 1 is 1.22 bits per heavy atom. The summed E-state index contributed by atoms with van der Waals surface area (Å²) in [6.45, 7) is 5.11. The Hall–Kier alpha value is -2.36. The molecule has 1 fully saturated rings. The third-order valence-electron chi connectivity index (χ3n) is 4.28. The van der Waals surface area contributed by atoms with Crippen LogP contribution < -0.4 is 5.32 Å². The molecular weight excluding hydrogens is 286 g/mol. The summed E-state index contributed by atoms with van der Waals surface area (Å²) in [5, 5.41) is 3.32. The van der Waals surface area contributed by atoms with Gasteiger partial charge in [-0.3, -0.25) is 9.78 Å². The van der Waals surface area contributed by atoms with Gasteiger partial charge in [0.1, 0.15) is 0 Å². The lowest BCUT2D eigenvalue weighted by atomic mass is 10.1. The fourth-order valence-corrected chi connectivity index (χ4v) is 2.85. The largest absolute Gasteiger partial charge is 0.376 e. The van der Waals surface area contributed by atoms with Crippen molar-refractivity contribution in [2.24, 2.45) is 0 Å². The number of nitrogens with one attached hydrogen (secondary N) is 1. The monoisotopic (exact) mass is 309 g/mol. The summed E-state index contributed by atoms with van der Waals surface area (Å²) in [6, 6.07) is 10.5. The van der Waals surface area contributed by atoms with Crippen LogP contribution in [0.4, 0.5) is 5.69 Å². The molecule has 1 saturated carbocycles. The smallest absolute Gasteiger partial charge is 0.242 e. The third-order valence-corrected chi connectivity index (χ3v) is 4.28. The van der Waals surface area contributed by atoms with Gasteiger partial charge in [0.2, 0.25) is 5.91 Å². The first kappa shape index (κ1) is 15.5. The van der Waals surface area contributed by atoms with E-state index in [9.17, 15) is 4.79 Å². The number of rotatable bonds is 6.